The number of rotatable bonds is 3. The first kappa shape index (κ1) is 12.4. The Morgan fingerprint density at radius 2 is 2.41 bits per heavy atom. The van der Waals surface area contributed by atoms with Crippen LogP contribution in [0.2, 0.25) is 5.02 Å². The summed E-state index contributed by atoms with van der Waals surface area (Å²) in [4.78, 5) is 10.5. The Morgan fingerprint density at radius 1 is 1.65 bits per heavy atom. The molecule has 0 radical (unpaired) electrons. The van der Waals surface area contributed by atoms with E-state index in [1.165, 1.54) is 0 Å². The third kappa shape index (κ3) is 2.61. The molecule has 94 valence electrons. The lowest BCUT2D eigenvalue weighted by molar-refractivity contribution is 0.136. The average Bonchev–Trinajstić information content (AvgIpc) is 2.79. The second-order valence-electron chi connectivity index (χ2n) is 4.35. The van der Waals surface area contributed by atoms with Gasteiger partial charge in [0.25, 0.3) is 0 Å². The number of hydrogen-bond donors (Lipinski definition) is 2. The van der Waals surface area contributed by atoms with Gasteiger partial charge in [0.2, 0.25) is 5.95 Å². The van der Waals surface area contributed by atoms with Gasteiger partial charge in [-0.3, -0.25) is 0 Å². The van der Waals surface area contributed by atoms with Crippen molar-refractivity contribution in [1.29, 1.82) is 0 Å². The molecule has 2 unspecified atom stereocenters. The van der Waals surface area contributed by atoms with Crippen LogP contribution in [0.5, 0.6) is 0 Å². The summed E-state index contributed by atoms with van der Waals surface area (Å²) < 4.78 is 0. The van der Waals surface area contributed by atoms with E-state index in [0.717, 1.165) is 25.3 Å². The van der Waals surface area contributed by atoms with Crippen molar-refractivity contribution in [2.24, 2.45) is 5.92 Å². The molecule has 0 bridgehead atoms. The molecular formula is C11H17ClN4O. The Balaban J connectivity index is 2.18. The van der Waals surface area contributed by atoms with E-state index in [2.05, 4.69) is 20.2 Å². The fraction of sp³-hybridized carbons (Fsp3) is 0.636. The summed E-state index contributed by atoms with van der Waals surface area (Å²) in [6, 6.07) is 0. The number of anilines is 2. The molecule has 2 atom stereocenters. The Labute approximate surface area is 106 Å². The van der Waals surface area contributed by atoms with Crippen LogP contribution in [0.25, 0.3) is 0 Å². The van der Waals surface area contributed by atoms with Gasteiger partial charge in [-0.15, -0.1) is 0 Å². The molecule has 0 aliphatic carbocycles. The van der Waals surface area contributed by atoms with Crippen LogP contribution in [-0.2, 0) is 0 Å². The molecule has 1 aliphatic rings. The van der Waals surface area contributed by atoms with Gasteiger partial charge in [-0.2, -0.15) is 4.98 Å². The van der Waals surface area contributed by atoms with Gasteiger partial charge in [-0.05, 0) is 13.3 Å². The molecule has 2 heterocycles. The fourth-order valence-electron chi connectivity index (χ4n) is 2.07. The molecule has 0 aromatic carbocycles. The van der Waals surface area contributed by atoms with Crippen LogP contribution in [-0.4, -0.2) is 41.3 Å². The van der Waals surface area contributed by atoms with Crippen LogP contribution in [0.1, 0.15) is 13.3 Å². The van der Waals surface area contributed by atoms with Crippen molar-refractivity contribution in [3.05, 3.63) is 11.2 Å². The lowest BCUT2D eigenvalue weighted by Gasteiger charge is -2.19. The first-order valence-electron chi connectivity index (χ1n) is 5.75. The van der Waals surface area contributed by atoms with Crippen molar-refractivity contribution in [1.82, 2.24) is 9.97 Å². The van der Waals surface area contributed by atoms with Crippen molar-refractivity contribution in [3.63, 3.8) is 0 Å². The minimum atomic E-state index is -0.288. The summed E-state index contributed by atoms with van der Waals surface area (Å²) in [5.74, 6) is 1.60. The maximum atomic E-state index is 9.58. The molecule has 2 rings (SSSR count). The maximum absolute atomic E-state index is 9.58. The molecule has 0 spiro atoms. The van der Waals surface area contributed by atoms with Gasteiger partial charge in [0.15, 0.2) is 5.82 Å². The Hall–Kier alpha value is -1.07. The topological polar surface area (TPSA) is 61.3 Å². The molecule has 2 N–H and O–H groups in total. The number of nitrogens with one attached hydrogen (secondary N) is 1. The number of aromatic nitrogens is 2. The number of nitrogens with zero attached hydrogens (tertiary/aromatic N) is 3. The van der Waals surface area contributed by atoms with Crippen molar-refractivity contribution in [2.75, 3.05) is 30.4 Å². The zero-order valence-electron chi connectivity index (χ0n) is 10.0. The average molecular weight is 257 g/mol. The highest BCUT2D eigenvalue weighted by Gasteiger charge is 2.28. The standard InChI is InChI=1S/C11H17ClN4O/c1-7(17)8-3-4-16(6-8)10-9(12)5-14-11(13-2)15-10/h5,7-8,17H,3-4,6H2,1-2H3,(H,13,14,15). The second-order valence-corrected chi connectivity index (χ2v) is 4.76. The van der Waals surface area contributed by atoms with E-state index in [4.69, 9.17) is 11.6 Å². The van der Waals surface area contributed by atoms with E-state index in [9.17, 15) is 5.11 Å². The summed E-state index contributed by atoms with van der Waals surface area (Å²) in [6.45, 7) is 3.49. The molecule has 1 fully saturated rings. The quantitative estimate of drug-likeness (QED) is 0.856. The Kier molecular flexibility index (Phi) is 3.69. The highest BCUT2D eigenvalue weighted by atomic mass is 35.5. The molecule has 17 heavy (non-hydrogen) atoms. The Bertz CT molecular complexity index is 399. The van der Waals surface area contributed by atoms with Crippen LogP contribution < -0.4 is 10.2 Å². The zero-order chi connectivity index (χ0) is 12.4. The van der Waals surface area contributed by atoms with Crippen LogP contribution >= 0.6 is 11.6 Å². The molecule has 1 aromatic heterocycles. The summed E-state index contributed by atoms with van der Waals surface area (Å²) in [5.41, 5.74) is 0. The van der Waals surface area contributed by atoms with E-state index >= 15 is 0 Å². The summed E-state index contributed by atoms with van der Waals surface area (Å²) >= 11 is 6.10. The lowest BCUT2D eigenvalue weighted by atomic mass is 10.0. The summed E-state index contributed by atoms with van der Waals surface area (Å²) in [6.07, 6.45) is 2.28. The predicted octanol–water partition coefficient (Wildman–Crippen LogP) is 1.38. The van der Waals surface area contributed by atoms with E-state index in [1.807, 2.05) is 6.92 Å². The molecule has 0 saturated carbocycles. The van der Waals surface area contributed by atoms with Gasteiger partial charge >= 0.3 is 0 Å². The molecular weight excluding hydrogens is 240 g/mol. The molecule has 1 aromatic rings. The van der Waals surface area contributed by atoms with E-state index in [0.29, 0.717) is 16.9 Å². The van der Waals surface area contributed by atoms with Gasteiger partial charge in [0.1, 0.15) is 5.02 Å². The highest BCUT2D eigenvalue weighted by molar-refractivity contribution is 6.32. The van der Waals surface area contributed by atoms with E-state index in [-0.39, 0.29) is 6.10 Å². The fourth-order valence-corrected chi connectivity index (χ4v) is 2.28. The molecule has 1 saturated heterocycles. The first-order valence-corrected chi connectivity index (χ1v) is 6.13. The first-order chi connectivity index (χ1) is 8.11. The number of halogens is 1. The number of aliphatic hydroxyl groups excluding tert-OH is 1. The Morgan fingerprint density at radius 3 is 3.00 bits per heavy atom. The third-order valence-corrected chi connectivity index (χ3v) is 3.42. The molecule has 0 amide bonds. The minimum absolute atomic E-state index is 0.288. The zero-order valence-corrected chi connectivity index (χ0v) is 10.8. The largest absolute Gasteiger partial charge is 0.393 e. The van der Waals surface area contributed by atoms with Crippen molar-refractivity contribution in [2.45, 2.75) is 19.4 Å². The smallest absolute Gasteiger partial charge is 0.224 e. The van der Waals surface area contributed by atoms with Gasteiger partial charge in [-0.25, -0.2) is 4.98 Å². The van der Waals surface area contributed by atoms with E-state index < -0.39 is 0 Å². The lowest BCUT2D eigenvalue weighted by Crippen LogP contribution is -2.25. The van der Waals surface area contributed by atoms with Gasteiger partial charge in [-0.1, -0.05) is 11.6 Å². The van der Waals surface area contributed by atoms with E-state index in [1.54, 1.807) is 13.2 Å². The summed E-state index contributed by atoms with van der Waals surface area (Å²) in [7, 11) is 1.77. The molecule has 5 nitrogen and oxygen atoms in total. The predicted molar refractivity (Wildman–Crippen MR) is 68.6 cm³/mol. The van der Waals surface area contributed by atoms with Gasteiger partial charge < -0.3 is 15.3 Å². The monoisotopic (exact) mass is 256 g/mol. The van der Waals surface area contributed by atoms with Crippen LogP contribution in [0.4, 0.5) is 11.8 Å². The maximum Gasteiger partial charge on any atom is 0.224 e. The second kappa shape index (κ2) is 5.06. The van der Waals surface area contributed by atoms with Crippen molar-refractivity contribution in [3.8, 4) is 0 Å². The minimum Gasteiger partial charge on any atom is -0.393 e. The van der Waals surface area contributed by atoms with Crippen molar-refractivity contribution < 1.29 is 5.11 Å². The summed E-state index contributed by atoms with van der Waals surface area (Å²) in [5, 5.41) is 13.0. The number of aliphatic hydroxyl groups is 1. The van der Waals surface area contributed by atoms with Gasteiger partial charge in [0.05, 0.1) is 12.3 Å². The molecule has 1 aliphatic heterocycles. The molecule has 6 heteroatoms. The normalized spacial score (nSPS) is 21.6. The van der Waals surface area contributed by atoms with Crippen LogP contribution in [0.15, 0.2) is 6.20 Å². The van der Waals surface area contributed by atoms with Gasteiger partial charge in [0, 0.05) is 26.1 Å². The van der Waals surface area contributed by atoms with Crippen LogP contribution in [0.3, 0.4) is 0 Å². The SMILES string of the molecule is CNc1ncc(Cl)c(N2CCC(C(C)O)C2)n1. The highest BCUT2D eigenvalue weighted by Crippen LogP contribution is 2.29. The third-order valence-electron chi connectivity index (χ3n) is 3.16. The number of hydrogen-bond acceptors (Lipinski definition) is 5. The van der Waals surface area contributed by atoms with Crippen LogP contribution in [0, 0.1) is 5.92 Å². The van der Waals surface area contributed by atoms with Crippen molar-refractivity contribution >= 4 is 23.4 Å².